The summed E-state index contributed by atoms with van der Waals surface area (Å²) in [5.74, 6) is -0.713. The number of methoxy groups -OCH3 is 2. The van der Waals surface area contributed by atoms with E-state index in [1.807, 2.05) is 0 Å². The lowest BCUT2D eigenvalue weighted by atomic mass is 10.1. The second kappa shape index (κ2) is 6.68. The molecule has 0 radical (unpaired) electrons. The number of hydrogen-bond acceptors (Lipinski definition) is 5. The van der Waals surface area contributed by atoms with Crippen molar-refractivity contribution < 1.29 is 24.2 Å². The standard InChI is InChI=1S/C19H17NO5/c1-24-14-9-8-12(10-15(14)25-2)11-20-18(22)16(17(21)19(20)23)13-6-4-3-5-7-13/h3-10,21H,11H2,1-2H3. The van der Waals surface area contributed by atoms with Crippen LogP contribution in [0.25, 0.3) is 5.57 Å². The lowest BCUT2D eigenvalue weighted by molar-refractivity contribution is -0.138. The van der Waals surface area contributed by atoms with Crippen LogP contribution in [0, 0.1) is 0 Å². The number of hydrogen-bond donors (Lipinski definition) is 1. The second-order valence-corrected chi connectivity index (χ2v) is 5.48. The van der Waals surface area contributed by atoms with Crippen molar-refractivity contribution in [1.82, 2.24) is 4.90 Å². The van der Waals surface area contributed by atoms with Crippen molar-refractivity contribution in [3.63, 3.8) is 0 Å². The number of benzene rings is 2. The van der Waals surface area contributed by atoms with Gasteiger partial charge in [-0.1, -0.05) is 36.4 Å². The normalized spacial score (nSPS) is 14.2. The molecule has 0 spiro atoms. The number of nitrogens with zero attached hydrogens (tertiary/aromatic N) is 1. The molecule has 2 aromatic carbocycles. The van der Waals surface area contributed by atoms with E-state index in [-0.39, 0.29) is 12.1 Å². The highest BCUT2D eigenvalue weighted by Crippen LogP contribution is 2.31. The van der Waals surface area contributed by atoms with Gasteiger partial charge < -0.3 is 14.6 Å². The van der Waals surface area contributed by atoms with Gasteiger partial charge >= 0.3 is 0 Å². The van der Waals surface area contributed by atoms with Gasteiger partial charge in [-0.3, -0.25) is 14.5 Å². The Morgan fingerprint density at radius 1 is 0.920 bits per heavy atom. The fourth-order valence-electron chi connectivity index (χ4n) is 2.73. The minimum absolute atomic E-state index is 0.0195. The SMILES string of the molecule is COc1ccc(CN2C(=O)C(O)=C(c3ccccc3)C2=O)cc1OC. The Morgan fingerprint density at radius 2 is 1.60 bits per heavy atom. The molecule has 0 fully saturated rings. The van der Waals surface area contributed by atoms with Crippen LogP contribution in [-0.4, -0.2) is 36.0 Å². The van der Waals surface area contributed by atoms with Gasteiger partial charge in [-0.25, -0.2) is 0 Å². The second-order valence-electron chi connectivity index (χ2n) is 5.48. The molecule has 2 aromatic rings. The van der Waals surface area contributed by atoms with Gasteiger partial charge in [-0.05, 0) is 23.3 Å². The van der Waals surface area contributed by atoms with Crippen LogP contribution < -0.4 is 9.47 Å². The summed E-state index contributed by atoms with van der Waals surface area (Å²) in [4.78, 5) is 26.0. The first-order valence-electron chi connectivity index (χ1n) is 7.62. The van der Waals surface area contributed by atoms with Crippen LogP contribution in [0.15, 0.2) is 54.3 Å². The predicted molar refractivity (Wildman–Crippen MR) is 91.1 cm³/mol. The topological polar surface area (TPSA) is 76.1 Å². The summed E-state index contributed by atoms with van der Waals surface area (Å²) in [6.07, 6.45) is 0. The maximum absolute atomic E-state index is 12.6. The van der Waals surface area contributed by atoms with E-state index < -0.39 is 17.6 Å². The summed E-state index contributed by atoms with van der Waals surface area (Å²) in [5.41, 5.74) is 1.21. The Bertz CT molecular complexity index is 857. The van der Waals surface area contributed by atoms with Crippen molar-refractivity contribution in [2.24, 2.45) is 0 Å². The van der Waals surface area contributed by atoms with E-state index in [2.05, 4.69) is 0 Å². The van der Waals surface area contributed by atoms with Crippen LogP contribution in [0.1, 0.15) is 11.1 Å². The smallest absolute Gasteiger partial charge is 0.296 e. The number of aliphatic hydroxyl groups is 1. The van der Waals surface area contributed by atoms with Gasteiger partial charge in [0.25, 0.3) is 11.8 Å². The maximum Gasteiger partial charge on any atom is 0.296 e. The minimum atomic E-state index is -0.710. The zero-order valence-corrected chi connectivity index (χ0v) is 13.9. The van der Waals surface area contributed by atoms with Gasteiger partial charge in [-0.2, -0.15) is 0 Å². The molecule has 3 rings (SSSR count). The first kappa shape index (κ1) is 16.6. The van der Waals surface area contributed by atoms with Crippen molar-refractivity contribution in [2.75, 3.05) is 14.2 Å². The molecule has 0 atom stereocenters. The largest absolute Gasteiger partial charge is 0.502 e. The van der Waals surface area contributed by atoms with Gasteiger partial charge in [0.15, 0.2) is 17.3 Å². The molecule has 6 nitrogen and oxygen atoms in total. The zero-order chi connectivity index (χ0) is 18.0. The van der Waals surface area contributed by atoms with Crippen molar-refractivity contribution >= 4 is 17.4 Å². The van der Waals surface area contributed by atoms with E-state index in [4.69, 9.17) is 9.47 Å². The molecular formula is C19H17NO5. The van der Waals surface area contributed by atoms with Crippen LogP contribution in [-0.2, 0) is 16.1 Å². The Hall–Kier alpha value is -3.28. The number of ether oxygens (including phenoxy) is 2. The highest BCUT2D eigenvalue weighted by Gasteiger charge is 2.39. The molecule has 2 amide bonds. The first-order chi connectivity index (χ1) is 12.1. The summed E-state index contributed by atoms with van der Waals surface area (Å²) in [6, 6.07) is 13.8. The van der Waals surface area contributed by atoms with Crippen molar-refractivity contribution in [3.8, 4) is 11.5 Å². The van der Waals surface area contributed by atoms with Crippen LogP contribution in [0.5, 0.6) is 11.5 Å². The predicted octanol–water partition coefficient (Wildman–Crippen LogP) is 2.54. The van der Waals surface area contributed by atoms with Crippen molar-refractivity contribution in [3.05, 3.63) is 65.4 Å². The van der Waals surface area contributed by atoms with Gasteiger partial charge in [0.2, 0.25) is 0 Å². The molecule has 1 N–H and O–H groups in total. The van der Waals surface area contributed by atoms with Crippen molar-refractivity contribution in [1.29, 1.82) is 0 Å². The third-order valence-corrected chi connectivity index (χ3v) is 3.99. The number of rotatable bonds is 5. The molecule has 0 unspecified atom stereocenters. The van der Waals surface area contributed by atoms with Gasteiger partial charge in [0, 0.05) is 0 Å². The fraction of sp³-hybridized carbons (Fsp3) is 0.158. The molecule has 1 aliphatic rings. The molecule has 0 saturated carbocycles. The van der Waals surface area contributed by atoms with Gasteiger partial charge in [-0.15, -0.1) is 0 Å². The first-order valence-corrected chi connectivity index (χ1v) is 7.62. The molecule has 0 bridgehead atoms. The lowest BCUT2D eigenvalue weighted by Gasteiger charge is -2.16. The number of amides is 2. The molecule has 0 aliphatic carbocycles. The fourth-order valence-corrected chi connectivity index (χ4v) is 2.73. The number of carbonyl (C=O) groups excluding carboxylic acids is 2. The quantitative estimate of drug-likeness (QED) is 0.847. The Balaban J connectivity index is 1.88. The number of imide groups is 1. The van der Waals surface area contributed by atoms with E-state index in [0.29, 0.717) is 22.6 Å². The Kier molecular flexibility index (Phi) is 4.43. The molecule has 0 aromatic heterocycles. The molecule has 6 heteroatoms. The number of carbonyl (C=O) groups is 2. The minimum Gasteiger partial charge on any atom is -0.502 e. The van der Waals surface area contributed by atoms with E-state index in [9.17, 15) is 14.7 Å². The Morgan fingerprint density at radius 3 is 2.24 bits per heavy atom. The molecule has 128 valence electrons. The Labute approximate surface area is 144 Å². The lowest BCUT2D eigenvalue weighted by Crippen LogP contribution is -2.31. The molecule has 0 saturated heterocycles. The summed E-state index contributed by atoms with van der Waals surface area (Å²) in [7, 11) is 3.04. The van der Waals surface area contributed by atoms with Crippen LogP contribution in [0.3, 0.4) is 0 Å². The monoisotopic (exact) mass is 339 g/mol. The highest BCUT2D eigenvalue weighted by atomic mass is 16.5. The molecular weight excluding hydrogens is 322 g/mol. The number of aliphatic hydroxyl groups excluding tert-OH is 1. The summed E-state index contributed by atoms with van der Waals surface area (Å²) in [6.45, 7) is 0.0262. The van der Waals surface area contributed by atoms with E-state index in [0.717, 1.165) is 4.90 Å². The zero-order valence-electron chi connectivity index (χ0n) is 13.9. The molecule has 1 heterocycles. The van der Waals surface area contributed by atoms with Gasteiger partial charge in [0.1, 0.15) is 0 Å². The van der Waals surface area contributed by atoms with Gasteiger partial charge in [0.05, 0.1) is 26.3 Å². The van der Waals surface area contributed by atoms with Crippen LogP contribution >= 0.6 is 0 Å². The van der Waals surface area contributed by atoms with Crippen LogP contribution in [0.4, 0.5) is 0 Å². The van der Waals surface area contributed by atoms with Crippen LogP contribution in [0.2, 0.25) is 0 Å². The average molecular weight is 339 g/mol. The molecule has 25 heavy (non-hydrogen) atoms. The summed E-state index contributed by atoms with van der Waals surface area (Å²) >= 11 is 0. The summed E-state index contributed by atoms with van der Waals surface area (Å²) < 4.78 is 10.4. The summed E-state index contributed by atoms with van der Waals surface area (Å²) in [5, 5.41) is 10.1. The van der Waals surface area contributed by atoms with E-state index in [1.165, 1.54) is 14.2 Å². The van der Waals surface area contributed by atoms with E-state index in [1.54, 1.807) is 48.5 Å². The molecule has 1 aliphatic heterocycles. The average Bonchev–Trinajstić information content (AvgIpc) is 2.85. The maximum atomic E-state index is 12.6. The van der Waals surface area contributed by atoms with Crippen molar-refractivity contribution in [2.45, 2.75) is 6.54 Å². The third-order valence-electron chi connectivity index (χ3n) is 3.99. The third kappa shape index (κ3) is 2.94. The van der Waals surface area contributed by atoms with E-state index >= 15 is 0 Å². The highest BCUT2D eigenvalue weighted by molar-refractivity contribution is 6.34.